The molecule has 1 saturated heterocycles. The number of hydrogen-bond donors (Lipinski definition) is 1. The summed E-state index contributed by atoms with van der Waals surface area (Å²) >= 11 is 0. The van der Waals surface area contributed by atoms with Gasteiger partial charge in [-0.05, 0) is 31.5 Å². The van der Waals surface area contributed by atoms with Crippen LogP contribution in [0.25, 0.3) is 22.4 Å². The molecule has 2 aromatic heterocycles. The van der Waals surface area contributed by atoms with Crippen LogP contribution >= 0.6 is 0 Å². The van der Waals surface area contributed by atoms with Crippen LogP contribution in [0.1, 0.15) is 38.8 Å². The molecular formula is C22H27F2N5O4S. The number of alkyl halides is 2. The molecule has 184 valence electrons. The van der Waals surface area contributed by atoms with Crippen molar-refractivity contribution >= 4 is 21.1 Å². The van der Waals surface area contributed by atoms with E-state index in [9.17, 15) is 22.0 Å². The average molecular weight is 496 g/mol. The Kier molecular flexibility index (Phi) is 6.47. The van der Waals surface area contributed by atoms with Crippen LogP contribution in [0, 0.1) is 0 Å². The molecule has 12 heteroatoms. The minimum Gasteiger partial charge on any atom is -0.493 e. The summed E-state index contributed by atoms with van der Waals surface area (Å²) in [6, 6.07) is 4.23. The predicted octanol–water partition coefficient (Wildman–Crippen LogP) is 3.09. The van der Waals surface area contributed by atoms with Crippen LogP contribution in [-0.2, 0) is 23.5 Å². The summed E-state index contributed by atoms with van der Waals surface area (Å²) in [5.41, 5.74) is 1.31. The number of nitrogens with one attached hydrogen (secondary N) is 1. The number of H-pyrrole nitrogens is 1. The minimum atomic E-state index is -4.03. The van der Waals surface area contributed by atoms with Crippen LogP contribution < -0.4 is 10.3 Å². The van der Waals surface area contributed by atoms with Crippen LogP contribution in [0.15, 0.2) is 27.9 Å². The molecule has 0 saturated carbocycles. The molecule has 1 N–H and O–H groups in total. The SMILES string of the molecule is CCCc1nn(C)c2c(=O)[nH]c(-c3cc(S(=O)(=O)N4CCC(F)(F)CC4)ccc3OCC)nc12. The second-order valence-electron chi connectivity index (χ2n) is 8.28. The molecule has 0 aliphatic carbocycles. The first-order chi connectivity index (χ1) is 16.1. The van der Waals surface area contributed by atoms with Crippen LogP contribution in [-0.4, -0.2) is 58.1 Å². The number of rotatable bonds is 7. The lowest BCUT2D eigenvalue weighted by molar-refractivity contribution is -0.0412. The molecule has 1 fully saturated rings. The third-order valence-electron chi connectivity index (χ3n) is 5.85. The summed E-state index contributed by atoms with van der Waals surface area (Å²) in [5.74, 6) is -2.38. The standard InChI is InChI=1S/C22H27F2N5O4S/c1-4-6-16-18-19(28(3)27-16)21(30)26-20(25-18)15-13-14(7-8-17(15)33-5-2)34(31,32)29-11-9-22(23,24)10-12-29/h7-8,13H,4-6,9-12H2,1-3H3,(H,25,26,30). The molecule has 9 nitrogen and oxygen atoms in total. The first-order valence-corrected chi connectivity index (χ1v) is 12.6. The molecule has 0 spiro atoms. The normalized spacial score (nSPS) is 16.7. The third kappa shape index (κ3) is 4.43. The first kappa shape index (κ1) is 24.3. The fourth-order valence-corrected chi connectivity index (χ4v) is 5.59. The number of sulfonamides is 1. The van der Waals surface area contributed by atoms with Gasteiger partial charge in [0, 0.05) is 33.0 Å². The summed E-state index contributed by atoms with van der Waals surface area (Å²) in [6.07, 6.45) is 0.383. The van der Waals surface area contributed by atoms with Gasteiger partial charge in [-0.2, -0.15) is 9.40 Å². The van der Waals surface area contributed by atoms with Gasteiger partial charge in [0.25, 0.3) is 11.5 Å². The van der Waals surface area contributed by atoms with E-state index in [1.165, 1.54) is 22.9 Å². The van der Waals surface area contributed by atoms with E-state index in [1.807, 2.05) is 6.92 Å². The third-order valence-corrected chi connectivity index (χ3v) is 7.74. The summed E-state index contributed by atoms with van der Waals surface area (Å²) in [7, 11) is -2.37. The van der Waals surface area contributed by atoms with Crippen molar-refractivity contribution in [3.05, 3.63) is 34.2 Å². The van der Waals surface area contributed by atoms with Crippen LogP contribution in [0.5, 0.6) is 5.75 Å². The molecule has 1 aliphatic rings. The highest BCUT2D eigenvalue weighted by Gasteiger charge is 2.38. The highest BCUT2D eigenvalue weighted by molar-refractivity contribution is 7.89. The zero-order chi connectivity index (χ0) is 24.7. The molecule has 0 bridgehead atoms. The molecule has 3 aromatic rings. The van der Waals surface area contributed by atoms with Crippen molar-refractivity contribution in [2.24, 2.45) is 7.05 Å². The summed E-state index contributed by atoms with van der Waals surface area (Å²) < 4.78 is 61.7. The lowest BCUT2D eigenvalue weighted by atomic mass is 10.1. The monoisotopic (exact) mass is 495 g/mol. The maximum absolute atomic E-state index is 13.6. The van der Waals surface area contributed by atoms with Gasteiger partial charge in [-0.1, -0.05) is 13.3 Å². The highest BCUT2D eigenvalue weighted by atomic mass is 32.2. The van der Waals surface area contributed by atoms with Gasteiger partial charge in [-0.25, -0.2) is 22.2 Å². The molecule has 3 heterocycles. The number of benzene rings is 1. The van der Waals surface area contributed by atoms with Crippen LogP contribution in [0.3, 0.4) is 0 Å². The summed E-state index contributed by atoms with van der Waals surface area (Å²) in [4.78, 5) is 20.1. The number of aromatic amines is 1. The van der Waals surface area contributed by atoms with Crippen LogP contribution in [0.2, 0.25) is 0 Å². The number of aryl methyl sites for hydroxylation is 2. The number of ether oxygens (including phenoxy) is 1. The zero-order valence-corrected chi connectivity index (χ0v) is 20.1. The van der Waals surface area contributed by atoms with E-state index in [-0.39, 0.29) is 29.4 Å². The quantitative estimate of drug-likeness (QED) is 0.539. The fraction of sp³-hybridized carbons (Fsp3) is 0.500. The number of fused-ring (bicyclic) bond motifs is 1. The molecule has 1 aliphatic heterocycles. The van der Waals surface area contributed by atoms with Crippen molar-refractivity contribution in [1.82, 2.24) is 24.1 Å². The van der Waals surface area contributed by atoms with Crippen molar-refractivity contribution in [2.45, 2.75) is 50.3 Å². The number of halogens is 2. The Morgan fingerprint density at radius 3 is 2.56 bits per heavy atom. The average Bonchev–Trinajstić information content (AvgIpc) is 3.09. The first-order valence-electron chi connectivity index (χ1n) is 11.2. The number of aromatic nitrogens is 4. The van der Waals surface area contributed by atoms with Gasteiger partial charge in [0.15, 0.2) is 5.52 Å². The van der Waals surface area contributed by atoms with Crippen molar-refractivity contribution in [3.8, 4) is 17.1 Å². The lowest BCUT2D eigenvalue weighted by Gasteiger charge is -2.31. The Hall–Kier alpha value is -2.86. The van der Waals surface area contributed by atoms with E-state index in [1.54, 1.807) is 14.0 Å². The van der Waals surface area contributed by atoms with E-state index in [0.29, 0.717) is 35.5 Å². The molecule has 0 unspecified atom stereocenters. The molecule has 0 radical (unpaired) electrons. The van der Waals surface area contributed by atoms with E-state index >= 15 is 0 Å². The van der Waals surface area contributed by atoms with E-state index < -0.39 is 34.3 Å². The largest absolute Gasteiger partial charge is 0.493 e. The van der Waals surface area contributed by atoms with E-state index in [0.717, 1.165) is 10.7 Å². The van der Waals surface area contributed by atoms with Gasteiger partial charge in [0.1, 0.15) is 17.1 Å². The van der Waals surface area contributed by atoms with Crippen molar-refractivity contribution in [1.29, 1.82) is 0 Å². The Morgan fingerprint density at radius 2 is 1.91 bits per heavy atom. The number of hydrogen-bond acceptors (Lipinski definition) is 6. The second-order valence-corrected chi connectivity index (χ2v) is 10.2. The van der Waals surface area contributed by atoms with E-state index in [2.05, 4.69) is 15.1 Å². The molecule has 4 rings (SSSR count). The van der Waals surface area contributed by atoms with Crippen molar-refractivity contribution < 1.29 is 21.9 Å². The molecule has 0 atom stereocenters. The highest BCUT2D eigenvalue weighted by Crippen LogP contribution is 2.34. The van der Waals surface area contributed by atoms with Gasteiger partial charge in [0.2, 0.25) is 10.0 Å². The summed E-state index contributed by atoms with van der Waals surface area (Å²) in [5, 5.41) is 4.40. The Bertz CT molecular complexity index is 1370. The maximum atomic E-state index is 13.6. The predicted molar refractivity (Wildman–Crippen MR) is 123 cm³/mol. The van der Waals surface area contributed by atoms with E-state index in [4.69, 9.17) is 4.74 Å². The molecule has 1 aromatic carbocycles. The number of nitrogens with zero attached hydrogens (tertiary/aromatic N) is 4. The van der Waals surface area contributed by atoms with Crippen molar-refractivity contribution in [3.63, 3.8) is 0 Å². The molecule has 0 amide bonds. The topological polar surface area (TPSA) is 110 Å². The van der Waals surface area contributed by atoms with Gasteiger partial charge in [0.05, 0.1) is 22.8 Å². The van der Waals surface area contributed by atoms with Gasteiger partial charge in [-0.3, -0.25) is 9.48 Å². The fourth-order valence-electron chi connectivity index (χ4n) is 4.12. The van der Waals surface area contributed by atoms with Gasteiger partial charge < -0.3 is 9.72 Å². The lowest BCUT2D eigenvalue weighted by Crippen LogP contribution is -2.42. The van der Waals surface area contributed by atoms with Crippen LogP contribution in [0.4, 0.5) is 8.78 Å². The van der Waals surface area contributed by atoms with Gasteiger partial charge >= 0.3 is 0 Å². The Labute approximate surface area is 195 Å². The van der Waals surface area contributed by atoms with Crippen molar-refractivity contribution in [2.75, 3.05) is 19.7 Å². The Morgan fingerprint density at radius 1 is 1.21 bits per heavy atom. The Balaban J connectivity index is 1.83. The molecule has 34 heavy (non-hydrogen) atoms. The number of piperidine rings is 1. The smallest absolute Gasteiger partial charge is 0.277 e. The minimum absolute atomic E-state index is 0.0844. The molecular weight excluding hydrogens is 468 g/mol. The summed E-state index contributed by atoms with van der Waals surface area (Å²) in [6.45, 7) is 3.54. The maximum Gasteiger partial charge on any atom is 0.277 e. The second kappa shape index (κ2) is 9.06. The zero-order valence-electron chi connectivity index (χ0n) is 19.3. The van der Waals surface area contributed by atoms with Gasteiger partial charge in [-0.15, -0.1) is 0 Å².